The SMILES string of the molecule is CC(C)c1c(N)noc1-c1cc(Cl)ccc1Cl. The van der Waals surface area contributed by atoms with E-state index in [1.165, 1.54) is 0 Å². The first-order valence-electron chi connectivity index (χ1n) is 5.21. The number of hydrogen-bond donors (Lipinski definition) is 1. The number of benzene rings is 1. The van der Waals surface area contributed by atoms with Crippen molar-refractivity contribution in [3.8, 4) is 11.3 Å². The molecule has 0 saturated heterocycles. The molecule has 0 atom stereocenters. The Bertz CT molecular complexity index is 549. The lowest BCUT2D eigenvalue weighted by atomic mass is 9.99. The minimum absolute atomic E-state index is 0.200. The standard InChI is InChI=1S/C12H12Cl2N2O/c1-6(2)10-11(17-16-12(10)15)8-5-7(13)3-4-9(8)14/h3-6H,1-2H3,(H2,15,16). The Hall–Kier alpha value is -1.19. The molecule has 0 fully saturated rings. The molecule has 90 valence electrons. The van der Waals surface area contributed by atoms with Gasteiger partial charge in [0.25, 0.3) is 0 Å². The van der Waals surface area contributed by atoms with Crippen LogP contribution in [-0.2, 0) is 0 Å². The van der Waals surface area contributed by atoms with Gasteiger partial charge in [-0.2, -0.15) is 0 Å². The molecule has 1 aromatic heterocycles. The summed E-state index contributed by atoms with van der Waals surface area (Å²) in [5.41, 5.74) is 7.36. The van der Waals surface area contributed by atoms with E-state index in [1.807, 2.05) is 13.8 Å². The fraction of sp³-hybridized carbons (Fsp3) is 0.250. The second-order valence-corrected chi connectivity index (χ2v) is 4.93. The van der Waals surface area contributed by atoms with Crippen LogP contribution in [0, 0.1) is 0 Å². The highest BCUT2D eigenvalue weighted by Crippen LogP contribution is 2.38. The fourth-order valence-corrected chi connectivity index (χ4v) is 2.11. The van der Waals surface area contributed by atoms with Crippen molar-refractivity contribution < 1.29 is 4.52 Å². The van der Waals surface area contributed by atoms with E-state index in [1.54, 1.807) is 18.2 Å². The number of halogens is 2. The number of hydrogen-bond acceptors (Lipinski definition) is 3. The first kappa shape index (κ1) is 12.3. The summed E-state index contributed by atoms with van der Waals surface area (Å²) in [4.78, 5) is 0. The van der Waals surface area contributed by atoms with E-state index in [2.05, 4.69) is 5.16 Å². The maximum absolute atomic E-state index is 6.13. The summed E-state index contributed by atoms with van der Waals surface area (Å²) in [5, 5.41) is 4.94. The first-order valence-corrected chi connectivity index (χ1v) is 5.96. The lowest BCUT2D eigenvalue weighted by molar-refractivity contribution is 0.434. The van der Waals surface area contributed by atoms with Gasteiger partial charge < -0.3 is 10.3 Å². The van der Waals surface area contributed by atoms with Gasteiger partial charge in [0.05, 0.1) is 5.02 Å². The molecule has 1 aromatic carbocycles. The zero-order valence-electron chi connectivity index (χ0n) is 9.50. The quantitative estimate of drug-likeness (QED) is 0.883. The molecular weight excluding hydrogens is 259 g/mol. The van der Waals surface area contributed by atoms with Gasteiger partial charge in [0, 0.05) is 16.1 Å². The minimum Gasteiger partial charge on any atom is -0.381 e. The van der Waals surface area contributed by atoms with Crippen LogP contribution in [0.5, 0.6) is 0 Å². The van der Waals surface area contributed by atoms with Crippen molar-refractivity contribution in [2.45, 2.75) is 19.8 Å². The van der Waals surface area contributed by atoms with Crippen molar-refractivity contribution in [3.05, 3.63) is 33.8 Å². The van der Waals surface area contributed by atoms with E-state index in [4.69, 9.17) is 33.5 Å². The van der Waals surface area contributed by atoms with E-state index in [0.29, 0.717) is 27.2 Å². The molecule has 0 unspecified atom stereocenters. The molecule has 5 heteroatoms. The van der Waals surface area contributed by atoms with Gasteiger partial charge in [-0.3, -0.25) is 0 Å². The van der Waals surface area contributed by atoms with Crippen molar-refractivity contribution in [1.82, 2.24) is 5.16 Å². The summed E-state index contributed by atoms with van der Waals surface area (Å²) in [6.07, 6.45) is 0. The van der Waals surface area contributed by atoms with Gasteiger partial charge in [0.2, 0.25) is 0 Å². The third kappa shape index (κ3) is 2.26. The van der Waals surface area contributed by atoms with E-state index in [-0.39, 0.29) is 5.92 Å². The topological polar surface area (TPSA) is 52.0 Å². The summed E-state index contributed by atoms with van der Waals surface area (Å²) < 4.78 is 5.26. The van der Waals surface area contributed by atoms with Crippen LogP contribution in [0.2, 0.25) is 10.0 Å². The summed E-state index contributed by atoms with van der Waals surface area (Å²) in [6.45, 7) is 4.04. The second kappa shape index (κ2) is 4.59. The molecule has 0 aliphatic carbocycles. The average molecular weight is 271 g/mol. The van der Waals surface area contributed by atoms with Crippen LogP contribution in [0.4, 0.5) is 5.82 Å². The van der Waals surface area contributed by atoms with Gasteiger partial charge in [0.15, 0.2) is 11.6 Å². The van der Waals surface area contributed by atoms with Crippen molar-refractivity contribution >= 4 is 29.0 Å². The summed E-state index contributed by atoms with van der Waals surface area (Å²) in [6, 6.07) is 5.19. The Morgan fingerprint density at radius 2 is 2.00 bits per heavy atom. The third-order valence-corrected chi connectivity index (χ3v) is 3.07. The Morgan fingerprint density at radius 3 is 2.65 bits per heavy atom. The molecule has 17 heavy (non-hydrogen) atoms. The molecular formula is C12H12Cl2N2O. The van der Waals surface area contributed by atoms with Crippen molar-refractivity contribution in [2.75, 3.05) is 5.73 Å². The molecule has 0 radical (unpaired) electrons. The molecule has 0 aliphatic heterocycles. The zero-order chi connectivity index (χ0) is 12.6. The van der Waals surface area contributed by atoms with Crippen LogP contribution in [-0.4, -0.2) is 5.16 Å². The highest BCUT2D eigenvalue weighted by Gasteiger charge is 2.20. The number of rotatable bonds is 2. The van der Waals surface area contributed by atoms with Crippen LogP contribution >= 0.6 is 23.2 Å². The predicted octanol–water partition coefficient (Wildman–Crippen LogP) is 4.35. The summed E-state index contributed by atoms with van der Waals surface area (Å²) in [7, 11) is 0. The van der Waals surface area contributed by atoms with Gasteiger partial charge in [-0.15, -0.1) is 0 Å². The van der Waals surface area contributed by atoms with Crippen LogP contribution in [0.15, 0.2) is 22.7 Å². The van der Waals surface area contributed by atoms with Gasteiger partial charge >= 0.3 is 0 Å². The number of aromatic nitrogens is 1. The lowest BCUT2D eigenvalue weighted by Crippen LogP contribution is -1.95. The summed E-state index contributed by atoms with van der Waals surface area (Å²) >= 11 is 12.1. The smallest absolute Gasteiger partial charge is 0.174 e. The van der Waals surface area contributed by atoms with E-state index < -0.39 is 0 Å². The highest BCUT2D eigenvalue weighted by atomic mass is 35.5. The third-order valence-electron chi connectivity index (χ3n) is 2.51. The Morgan fingerprint density at radius 1 is 1.29 bits per heavy atom. The number of nitrogen functional groups attached to an aromatic ring is 1. The Kier molecular flexibility index (Phi) is 3.31. The van der Waals surface area contributed by atoms with Crippen LogP contribution in [0.25, 0.3) is 11.3 Å². The lowest BCUT2D eigenvalue weighted by Gasteiger charge is -2.07. The predicted molar refractivity (Wildman–Crippen MR) is 70.5 cm³/mol. The molecule has 2 rings (SSSR count). The van der Waals surface area contributed by atoms with Crippen LogP contribution in [0.1, 0.15) is 25.3 Å². The van der Waals surface area contributed by atoms with Gasteiger partial charge in [-0.05, 0) is 24.1 Å². The zero-order valence-corrected chi connectivity index (χ0v) is 11.0. The molecule has 3 nitrogen and oxygen atoms in total. The van der Waals surface area contributed by atoms with Crippen molar-refractivity contribution in [3.63, 3.8) is 0 Å². The molecule has 0 amide bonds. The first-order chi connectivity index (χ1) is 8.00. The maximum Gasteiger partial charge on any atom is 0.174 e. The Balaban J connectivity index is 2.64. The van der Waals surface area contributed by atoms with E-state index in [9.17, 15) is 0 Å². The van der Waals surface area contributed by atoms with E-state index >= 15 is 0 Å². The molecule has 2 aromatic rings. The molecule has 1 heterocycles. The Labute approximate surface area is 109 Å². The van der Waals surface area contributed by atoms with Crippen molar-refractivity contribution in [1.29, 1.82) is 0 Å². The van der Waals surface area contributed by atoms with Crippen LogP contribution in [0.3, 0.4) is 0 Å². The van der Waals surface area contributed by atoms with Gasteiger partial charge in [-0.25, -0.2) is 0 Å². The average Bonchev–Trinajstić information content (AvgIpc) is 2.64. The minimum atomic E-state index is 0.200. The normalized spacial score (nSPS) is 11.1. The summed E-state index contributed by atoms with van der Waals surface area (Å²) in [5.74, 6) is 1.18. The highest BCUT2D eigenvalue weighted by molar-refractivity contribution is 6.35. The van der Waals surface area contributed by atoms with Gasteiger partial charge in [0.1, 0.15) is 0 Å². The molecule has 0 bridgehead atoms. The number of anilines is 1. The number of nitrogens with two attached hydrogens (primary N) is 1. The molecule has 0 aliphatic rings. The number of nitrogens with zero attached hydrogens (tertiary/aromatic N) is 1. The second-order valence-electron chi connectivity index (χ2n) is 4.09. The maximum atomic E-state index is 6.13. The fourth-order valence-electron chi connectivity index (χ4n) is 1.73. The largest absolute Gasteiger partial charge is 0.381 e. The molecule has 2 N–H and O–H groups in total. The molecule has 0 saturated carbocycles. The van der Waals surface area contributed by atoms with Crippen molar-refractivity contribution in [2.24, 2.45) is 0 Å². The van der Waals surface area contributed by atoms with E-state index in [0.717, 1.165) is 5.56 Å². The van der Waals surface area contributed by atoms with Crippen LogP contribution < -0.4 is 5.73 Å². The monoisotopic (exact) mass is 270 g/mol. The molecule has 0 spiro atoms. The van der Waals surface area contributed by atoms with Gasteiger partial charge in [-0.1, -0.05) is 42.2 Å².